The maximum atomic E-state index is 12.6. The number of halogens is 3. The molecule has 0 aliphatic rings. The summed E-state index contributed by atoms with van der Waals surface area (Å²) >= 11 is 0. The van der Waals surface area contributed by atoms with E-state index in [0.717, 1.165) is 4.57 Å². The van der Waals surface area contributed by atoms with E-state index in [1.54, 1.807) is 24.3 Å². The van der Waals surface area contributed by atoms with Crippen LogP contribution in [0.4, 0.5) is 13.2 Å². The van der Waals surface area contributed by atoms with Crippen LogP contribution in [0, 0.1) is 0 Å². The number of carbonyl (C=O) groups excluding carboxylic acids is 1. The fourth-order valence-electron chi connectivity index (χ4n) is 2.76. The van der Waals surface area contributed by atoms with Gasteiger partial charge in [0.15, 0.2) is 17.3 Å². The van der Waals surface area contributed by atoms with Crippen molar-refractivity contribution in [2.75, 3.05) is 14.2 Å². The zero-order valence-electron chi connectivity index (χ0n) is 16.3. The molecule has 1 aromatic carbocycles. The van der Waals surface area contributed by atoms with Crippen molar-refractivity contribution in [2.24, 2.45) is 0 Å². The maximum Gasteiger partial charge on any atom is 0.406 e. The van der Waals surface area contributed by atoms with Crippen LogP contribution in [0.15, 0.2) is 53.2 Å². The van der Waals surface area contributed by atoms with Crippen LogP contribution < -0.4 is 9.47 Å². The number of nitrogens with zero attached hydrogens (tertiary/aromatic N) is 3. The first kappa shape index (κ1) is 21.3. The van der Waals surface area contributed by atoms with Crippen LogP contribution in [-0.4, -0.2) is 40.7 Å². The Morgan fingerprint density at radius 3 is 2.63 bits per heavy atom. The van der Waals surface area contributed by atoms with Crippen molar-refractivity contribution in [3.63, 3.8) is 0 Å². The van der Waals surface area contributed by atoms with Gasteiger partial charge >= 0.3 is 6.18 Å². The van der Waals surface area contributed by atoms with E-state index < -0.39 is 18.6 Å². The van der Waals surface area contributed by atoms with Crippen molar-refractivity contribution >= 4 is 5.91 Å². The largest absolute Gasteiger partial charge is 0.493 e. The third-order valence-electron chi connectivity index (χ3n) is 4.19. The van der Waals surface area contributed by atoms with Crippen LogP contribution in [0.1, 0.15) is 22.1 Å². The van der Waals surface area contributed by atoms with Gasteiger partial charge in [-0.05, 0) is 24.3 Å². The van der Waals surface area contributed by atoms with Crippen LogP contribution in [-0.2, 0) is 19.7 Å². The summed E-state index contributed by atoms with van der Waals surface area (Å²) in [5.74, 6) is 1.18. The van der Waals surface area contributed by atoms with Gasteiger partial charge in [-0.15, -0.1) is 0 Å². The highest BCUT2D eigenvalue weighted by Crippen LogP contribution is 2.27. The topological polar surface area (TPSA) is 69.7 Å². The highest BCUT2D eigenvalue weighted by molar-refractivity contribution is 5.91. The van der Waals surface area contributed by atoms with E-state index in [4.69, 9.17) is 13.9 Å². The number of hydrogen-bond acceptors (Lipinski definition) is 5. The number of rotatable bonds is 8. The normalized spacial score (nSPS) is 11.4. The maximum absolute atomic E-state index is 12.6. The van der Waals surface area contributed by atoms with Gasteiger partial charge in [-0.3, -0.25) is 4.79 Å². The minimum atomic E-state index is -4.38. The third-order valence-corrected chi connectivity index (χ3v) is 4.19. The quantitative estimate of drug-likeness (QED) is 0.550. The summed E-state index contributed by atoms with van der Waals surface area (Å²) in [5, 5.41) is 0. The molecule has 3 rings (SSSR count). The summed E-state index contributed by atoms with van der Waals surface area (Å²) in [6.07, 6.45) is -1.89. The van der Waals surface area contributed by atoms with Gasteiger partial charge in [0.1, 0.15) is 24.7 Å². The van der Waals surface area contributed by atoms with Gasteiger partial charge in [0, 0.05) is 19.4 Å². The zero-order chi connectivity index (χ0) is 21.7. The molecule has 0 unspecified atom stereocenters. The molecule has 2 heterocycles. The zero-order valence-corrected chi connectivity index (χ0v) is 16.3. The van der Waals surface area contributed by atoms with E-state index in [9.17, 15) is 18.0 Å². The SMILES string of the molecule is COc1ccccc1OCc1ccc(C(=O)N(C)Cc2nccn2CC(F)(F)F)o1. The van der Waals surface area contributed by atoms with Gasteiger partial charge in [0.2, 0.25) is 0 Å². The van der Waals surface area contributed by atoms with Crippen LogP contribution in [0.5, 0.6) is 11.5 Å². The molecule has 0 radical (unpaired) electrons. The lowest BCUT2D eigenvalue weighted by molar-refractivity contribution is -0.141. The fraction of sp³-hybridized carbons (Fsp3) is 0.300. The molecule has 0 bridgehead atoms. The molecule has 0 saturated carbocycles. The Morgan fingerprint density at radius 2 is 1.93 bits per heavy atom. The minimum absolute atomic E-state index is 0.0463. The number of aromatic nitrogens is 2. The van der Waals surface area contributed by atoms with Crippen molar-refractivity contribution in [1.29, 1.82) is 0 Å². The molecule has 30 heavy (non-hydrogen) atoms. The van der Waals surface area contributed by atoms with Gasteiger partial charge in [0.25, 0.3) is 5.91 Å². The molecular formula is C20H20F3N3O4. The molecule has 0 N–H and O–H groups in total. The van der Waals surface area contributed by atoms with Crippen LogP contribution in [0.3, 0.4) is 0 Å². The molecule has 10 heteroatoms. The smallest absolute Gasteiger partial charge is 0.406 e. The van der Waals surface area contributed by atoms with Crippen molar-refractivity contribution in [3.05, 3.63) is 66.1 Å². The predicted molar refractivity (Wildman–Crippen MR) is 100 cm³/mol. The number of benzene rings is 1. The number of furan rings is 1. The number of methoxy groups -OCH3 is 1. The Bertz CT molecular complexity index is 997. The molecule has 3 aromatic rings. The Kier molecular flexibility index (Phi) is 6.34. The molecular weight excluding hydrogens is 403 g/mol. The highest BCUT2D eigenvalue weighted by atomic mass is 19.4. The number of ether oxygens (including phenoxy) is 2. The second kappa shape index (κ2) is 8.93. The lowest BCUT2D eigenvalue weighted by Gasteiger charge is -2.17. The first-order valence-corrected chi connectivity index (χ1v) is 8.93. The van der Waals surface area contributed by atoms with Crippen molar-refractivity contribution in [2.45, 2.75) is 25.9 Å². The first-order valence-electron chi connectivity index (χ1n) is 8.93. The molecule has 0 atom stereocenters. The Labute approximate surface area is 170 Å². The van der Waals surface area contributed by atoms with Gasteiger partial charge in [-0.2, -0.15) is 13.2 Å². The Balaban J connectivity index is 1.61. The second-order valence-electron chi connectivity index (χ2n) is 6.45. The van der Waals surface area contributed by atoms with Crippen molar-refractivity contribution < 1.29 is 31.9 Å². The van der Waals surface area contributed by atoms with Gasteiger partial charge < -0.3 is 23.4 Å². The van der Waals surface area contributed by atoms with Crippen LogP contribution in [0.2, 0.25) is 0 Å². The summed E-state index contributed by atoms with van der Waals surface area (Å²) in [6, 6.07) is 10.2. The van der Waals surface area contributed by atoms with Crippen LogP contribution >= 0.6 is 0 Å². The van der Waals surface area contributed by atoms with E-state index >= 15 is 0 Å². The van der Waals surface area contributed by atoms with Gasteiger partial charge in [0.05, 0.1) is 13.7 Å². The standard InChI is InChI=1S/C20H20F3N3O4/c1-25(11-18-24-9-10-26(18)13-20(21,22)23)19(27)17-8-7-14(30-17)12-29-16-6-4-3-5-15(16)28-2/h3-10H,11-13H2,1-2H3. The Morgan fingerprint density at radius 1 is 1.20 bits per heavy atom. The van der Waals surface area contributed by atoms with E-state index in [1.807, 2.05) is 6.07 Å². The van der Waals surface area contributed by atoms with Gasteiger partial charge in [-0.25, -0.2) is 4.98 Å². The number of carbonyl (C=O) groups is 1. The van der Waals surface area contributed by atoms with E-state index in [-0.39, 0.29) is 24.7 Å². The van der Waals surface area contributed by atoms with Crippen LogP contribution in [0.25, 0.3) is 0 Å². The number of hydrogen-bond donors (Lipinski definition) is 0. The average Bonchev–Trinajstić information content (AvgIpc) is 3.34. The summed E-state index contributed by atoms with van der Waals surface area (Å²) < 4.78 is 55.3. The minimum Gasteiger partial charge on any atom is -0.493 e. The highest BCUT2D eigenvalue weighted by Gasteiger charge is 2.29. The number of alkyl halides is 3. The summed E-state index contributed by atoms with van der Waals surface area (Å²) in [5.41, 5.74) is 0. The molecule has 0 saturated heterocycles. The van der Waals surface area contributed by atoms with E-state index in [0.29, 0.717) is 17.3 Å². The van der Waals surface area contributed by atoms with Gasteiger partial charge in [-0.1, -0.05) is 12.1 Å². The molecule has 0 spiro atoms. The predicted octanol–water partition coefficient (Wildman–Crippen LogP) is 3.90. The van der Waals surface area contributed by atoms with E-state index in [2.05, 4.69) is 4.98 Å². The monoisotopic (exact) mass is 423 g/mol. The van der Waals surface area contributed by atoms with E-state index in [1.165, 1.54) is 37.5 Å². The summed E-state index contributed by atoms with van der Waals surface area (Å²) in [6.45, 7) is -1.20. The molecule has 0 aliphatic heterocycles. The molecule has 1 amide bonds. The molecule has 0 aliphatic carbocycles. The lowest BCUT2D eigenvalue weighted by atomic mass is 10.3. The molecule has 160 valence electrons. The first-order chi connectivity index (χ1) is 14.3. The average molecular weight is 423 g/mol. The molecule has 0 fully saturated rings. The summed E-state index contributed by atoms with van der Waals surface area (Å²) in [7, 11) is 2.99. The molecule has 2 aromatic heterocycles. The summed E-state index contributed by atoms with van der Waals surface area (Å²) in [4.78, 5) is 17.7. The number of imidazole rings is 1. The number of amides is 1. The lowest BCUT2D eigenvalue weighted by Crippen LogP contribution is -2.28. The van der Waals surface area contributed by atoms with Crippen molar-refractivity contribution in [3.8, 4) is 11.5 Å². The number of para-hydroxylation sites is 2. The third kappa shape index (κ3) is 5.34. The second-order valence-corrected chi connectivity index (χ2v) is 6.45. The fourth-order valence-corrected chi connectivity index (χ4v) is 2.76. The van der Waals surface area contributed by atoms with Crippen molar-refractivity contribution in [1.82, 2.24) is 14.5 Å². The Hall–Kier alpha value is -3.43. The molecule has 7 nitrogen and oxygen atoms in total.